The van der Waals surface area contributed by atoms with Gasteiger partial charge >= 0.3 is 0 Å². The normalized spacial score (nSPS) is 18.1. The van der Waals surface area contributed by atoms with E-state index in [0.29, 0.717) is 32.7 Å². The standard InChI is InChI=1S/C11H13ClN4O2S/c1-2-3-15-4-6-16(7-5-15)19(17,18)10-8-13-11(12)14-9-10/h1,8-9H,3-7H2. The van der Waals surface area contributed by atoms with E-state index >= 15 is 0 Å². The molecule has 0 radical (unpaired) electrons. The number of rotatable bonds is 3. The lowest BCUT2D eigenvalue weighted by Crippen LogP contribution is -2.48. The number of hydrogen-bond donors (Lipinski definition) is 0. The monoisotopic (exact) mass is 300 g/mol. The second-order valence-electron chi connectivity index (χ2n) is 4.07. The van der Waals surface area contributed by atoms with Crippen LogP contribution < -0.4 is 0 Å². The zero-order chi connectivity index (χ0) is 13.9. The molecule has 0 N–H and O–H groups in total. The largest absolute Gasteiger partial charge is 0.290 e. The highest BCUT2D eigenvalue weighted by atomic mass is 35.5. The average molecular weight is 301 g/mol. The Hall–Kier alpha value is -1.20. The van der Waals surface area contributed by atoms with E-state index in [2.05, 4.69) is 15.9 Å². The van der Waals surface area contributed by atoms with Crippen molar-refractivity contribution in [2.45, 2.75) is 4.90 Å². The Balaban J connectivity index is 2.10. The lowest BCUT2D eigenvalue weighted by atomic mass is 10.4. The molecule has 8 heteroatoms. The molecule has 0 bridgehead atoms. The van der Waals surface area contributed by atoms with Crippen LogP contribution in [0.15, 0.2) is 17.3 Å². The highest BCUT2D eigenvalue weighted by Gasteiger charge is 2.28. The summed E-state index contributed by atoms with van der Waals surface area (Å²) in [6, 6.07) is 0. The number of piperazine rings is 1. The van der Waals surface area contributed by atoms with E-state index in [4.69, 9.17) is 18.0 Å². The molecule has 2 heterocycles. The summed E-state index contributed by atoms with van der Waals surface area (Å²) in [6.07, 6.45) is 7.67. The molecule has 19 heavy (non-hydrogen) atoms. The van der Waals surface area contributed by atoms with Gasteiger partial charge in [-0.05, 0) is 11.6 Å². The Bertz CT molecular complexity index is 574. The topological polar surface area (TPSA) is 66.4 Å². The van der Waals surface area contributed by atoms with Crippen LogP contribution in [-0.4, -0.2) is 60.3 Å². The molecule has 0 spiro atoms. The van der Waals surface area contributed by atoms with Gasteiger partial charge in [0.05, 0.1) is 18.9 Å². The minimum Gasteiger partial charge on any atom is -0.290 e. The van der Waals surface area contributed by atoms with Crippen molar-refractivity contribution in [1.29, 1.82) is 0 Å². The van der Waals surface area contributed by atoms with Gasteiger partial charge in [0.15, 0.2) is 0 Å². The van der Waals surface area contributed by atoms with Crippen LogP contribution in [0.4, 0.5) is 0 Å². The van der Waals surface area contributed by atoms with Crippen molar-refractivity contribution in [2.75, 3.05) is 32.7 Å². The van der Waals surface area contributed by atoms with E-state index in [1.54, 1.807) is 0 Å². The molecule has 1 aliphatic heterocycles. The third-order valence-corrected chi connectivity index (χ3v) is 4.93. The summed E-state index contributed by atoms with van der Waals surface area (Å²) in [5, 5.41) is 0.0257. The molecule has 1 fully saturated rings. The van der Waals surface area contributed by atoms with Crippen molar-refractivity contribution in [3.05, 3.63) is 17.7 Å². The van der Waals surface area contributed by atoms with Crippen molar-refractivity contribution in [3.63, 3.8) is 0 Å². The molecule has 2 rings (SSSR count). The predicted octanol–water partition coefficient (Wildman–Crippen LogP) is 0.0695. The number of aromatic nitrogens is 2. The molecular weight excluding hydrogens is 288 g/mol. The lowest BCUT2D eigenvalue weighted by Gasteiger charge is -2.32. The summed E-state index contributed by atoms with van der Waals surface area (Å²) < 4.78 is 26.0. The first-order chi connectivity index (χ1) is 9.04. The molecule has 102 valence electrons. The van der Waals surface area contributed by atoms with Crippen molar-refractivity contribution in [1.82, 2.24) is 19.2 Å². The summed E-state index contributed by atoms with van der Waals surface area (Å²) in [7, 11) is -3.55. The van der Waals surface area contributed by atoms with E-state index < -0.39 is 10.0 Å². The third kappa shape index (κ3) is 3.22. The van der Waals surface area contributed by atoms with E-state index in [1.807, 2.05) is 4.90 Å². The maximum atomic E-state index is 12.3. The second-order valence-corrected chi connectivity index (χ2v) is 6.35. The van der Waals surface area contributed by atoms with Crippen molar-refractivity contribution < 1.29 is 8.42 Å². The minimum absolute atomic E-state index is 0.0257. The van der Waals surface area contributed by atoms with Gasteiger partial charge in [-0.2, -0.15) is 4.31 Å². The molecule has 6 nitrogen and oxygen atoms in total. The highest BCUT2D eigenvalue weighted by molar-refractivity contribution is 7.89. The smallest absolute Gasteiger partial charge is 0.246 e. The summed E-state index contributed by atoms with van der Waals surface area (Å²) in [5.41, 5.74) is 0. The van der Waals surface area contributed by atoms with Crippen LogP contribution in [0, 0.1) is 12.3 Å². The van der Waals surface area contributed by atoms with Gasteiger partial charge in [-0.1, -0.05) is 5.92 Å². The van der Waals surface area contributed by atoms with Crippen molar-refractivity contribution >= 4 is 21.6 Å². The number of terminal acetylenes is 1. The fourth-order valence-electron chi connectivity index (χ4n) is 1.84. The van der Waals surface area contributed by atoms with E-state index in [9.17, 15) is 8.42 Å². The van der Waals surface area contributed by atoms with E-state index in [1.165, 1.54) is 16.7 Å². The SMILES string of the molecule is C#CCN1CCN(S(=O)(=O)c2cnc(Cl)nc2)CC1. The first-order valence-corrected chi connectivity index (χ1v) is 7.49. The van der Waals surface area contributed by atoms with Crippen LogP contribution in [-0.2, 0) is 10.0 Å². The Morgan fingerprint density at radius 2 is 1.84 bits per heavy atom. The molecule has 0 aromatic carbocycles. The highest BCUT2D eigenvalue weighted by Crippen LogP contribution is 2.16. The van der Waals surface area contributed by atoms with Crippen LogP contribution in [0.25, 0.3) is 0 Å². The van der Waals surface area contributed by atoms with Crippen LogP contribution in [0.3, 0.4) is 0 Å². The first-order valence-electron chi connectivity index (χ1n) is 5.67. The van der Waals surface area contributed by atoms with Crippen LogP contribution in [0.2, 0.25) is 5.28 Å². The minimum atomic E-state index is -3.55. The predicted molar refractivity (Wildman–Crippen MR) is 71.1 cm³/mol. The maximum Gasteiger partial charge on any atom is 0.246 e. The molecule has 1 saturated heterocycles. The molecule has 1 aromatic heterocycles. The van der Waals surface area contributed by atoms with Gasteiger partial charge in [0.2, 0.25) is 15.3 Å². The fraction of sp³-hybridized carbons (Fsp3) is 0.455. The van der Waals surface area contributed by atoms with Gasteiger partial charge in [0.1, 0.15) is 4.90 Å². The molecule has 0 aliphatic carbocycles. The molecule has 1 aliphatic rings. The Labute approximate surface area is 117 Å². The Morgan fingerprint density at radius 1 is 1.26 bits per heavy atom. The molecule has 0 unspecified atom stereocenters. The van der Waals surface area contributed by atoms with Gasteiger partial charge in [-0.25, -0.2) is 18.4 Å². The summed E-state index contributed by atoms with van der Waals surface area (Å²) >= 11 is 5.55. The number of sulfonamides is 1. The second kappa shape index (κ2) is 5.84. The van der Waals surface area contributed by atoms with E-state index in [0.717, 1.165) is 0 Å². The van der Waals surface area contributed by atoms with Gasteiger partial charge < -0.3 is 0 Å². The van der Waals surface area contributed by atoms with Crippen molar-refractivity contribution in [2.24, 2.45) is 0 Å². The fourth-order valence-corrected chi connectivity index (χ4v) is 3.25. The molecule has 0 saturated carbocycles. The lowest BCUT2D eigenvalue weighted by molar-refractivity contribution is 0.207. The summed E-state index contributed by atoms with van der Waals surface area (Å²) in [4.78, 5) is 9.48. The zero-order valence-corrected chi connectivity index (χ0v) is 11.7. The number of hydrogen-bond acceptors (Lipinski definition) is 5. The third-order valence-electron chi connectivity index (χ3n) is 2.88. The summed E-state index contributed by atoms with van der Waals surface area (Å²) in [6.45, 7) is 2.60. The van der Waals surface area contributed by atoms with Crippen LogP contribution in [0.5, 0.6) is 0 Å². The Morgan fingerprint density at radius 3 is 2.37 bits per heavy atom. The average Bonchev–Trinajstić information content (AvgIpc) is 2.40. The van der Waals surface area contributed by atoms with Crippen LogP contribution >= 0.6 is 11.6 Å². The molecular formula is C11H13ClN4O2S. The number of nitrogens with zero attached hydrogens (tertiary/aromatic N) is 4. The van der Waals surface area contributed by atoms with Crippen molar-refractivity contribution in [3.8, 4) is 12.3 Å². The molecule has 0 amide bonds. The Kier molecular flexibility index (Phi) is 4.37. The zero-order valence-electron chi connectivity index (χ0n) is 10.2. The number of halogens is 1. The molecule has 1 aromatic rings. The quantitative estimate of drug-likeness (QED) is 0.584. The summed E-state index contributed by atoms with van der Waals surface area (Å²) in [5.74, 6) is 2.55. The van der Waals surface area contributed by atoms with Gasteiger partial charge in [-0.15, -0.1) is 6.42 Å². The van der Waals surface area contributed by atoms with Gasteiger partial charge in [0, 0.05) is 26.2 Å². The van der Waals surface area contributed by atoms with E-state index in [-0.39, 0.29) is 10.2 Å². The first kappa shape index (κ1) is 14.2. The van der Waals surface area contributed by atoms with Gasteiger partial charge in [0.25, 0.3) is 0 Å². The van der Waals surface area contributed by atoms with Gasteiger partial charge in [-0.3, -0.25) is 4.90 Å². The van der Waals surface area contributed by atoms with Crippen LogP contribution in [0.1, 0.15) is 0 Å². The molecule has 0 atom stereocenters. The maximum absolute atomic E-state index is 12.3.